The number of sulfonamides is 1. The first kappa shape index (κ1) is 18.6. The van der Waals surface area contributed by atoms with Crippen LogP contribution in [0, 0.1) is 5.82 Å². The molecule has 1 saturated heterocycles. The lowest BCUT2D eigenvalue weighted by Gasteiger charge is -2.33. The van der Waals surface area contributed by atoms with E-state index < -0.39 is 15.8 Å². The molecule has 26 heavy (non-hydrogen) atoms. The highest BCUT2D eigenvalue weighted by Crippen LogP contribution is 2.17. The second-order valence-corrected chi connectivity index (χ2v) is 7.87. The van der Waals surface area contributed by atoms with Gasteiger partial charge in [-0.25, -0.2) is 12.8 Å². The van der Waals surface area contributed by atoms with Gasteiger partial charge in [-0.3, -0.25) is 9.69 Å². The van der Waals surface area contributed by atoms with E-state index in [0.717, 1.165) is 12.1 Å². The Labute approximate surface area is 151 Å². The van der Waals surface area contributed by atoms with Gasteiger partial charge in [0.05, 0.1) is 11.2 Å². The van der Waals surface area contributed by atoms with Crippen molar-refractivity contribution >= 4 is 15.9 Å². The molecule has 140 valence electrons. The minimum atomic E-state index is -3.61. The Morgan fingerprint density at radius 1 is 1.12 bits per heavy atom. The van der Waals surface area contributed by atoms with Gasteiger partial charge in [-0.05, 0) is 36.4 Å². The number of rotatable bonds is 6. The number of halogens is 1. The fraction of sp³-hybridized carbons (Fsp3) is 0.353. The molecule has 1 fully saturated rings. The maximum atomic E-state index is 13.0. The van der Waals surface area contributed by atoms with Gasteiger partial charge in [0.25, 0.3) is 5.91 Å². The zero-order chi connectivity index (χ0) is 18.6. The summed E-state index contributed by atoms with van der Waals surface area (Å²) in [7, 11) is -3.61. The number of hydrogen-bond donors (Lipinski definition) is 1. The van der Waals surface area contributed by atoms with Crippen LogP contribution in [0.3, 0.4) is 0 Å². The number of nitrogens with one attached hydrogen (secondary N) is 1. The summed E-state index contributed by atoms with van der Waals surface area (Å²) in [4.78, 5) is 14.0. The molecule has 2 aromatic rings. The normalized spacial score (nSPS) is 16.5. The monoisotopic (exact) mass is 381 g/mol. The molecule has 1 aliphatic rings. The van der Waals surface area contributed by atoms with Crippen molar-refractivity contribution in [1.29, 1.82) is 0 Å². The maximum absolute atomic E-state index is 13.0. The van der Waals surface area contributed by atoms with E-state index in [1.165, 1.54) is 22.7 Å². The minimum absolute atomic E-state index is 0.0954. The topological polar surface area (TPSA) is 82.9 Å². The lowest BCUT2D eigenvalue weighted by Crippen LogP contribution is -2.50. The summed E-state index contributed by atoms with van der Waals surface area (Å²) in [6, 6.07) is 8.09. The van der Waals surface area contributed by atoms with Crippen LogP contribution in [0.25, 0.3) is 0 Å². The molecule has 0 aliphatic carbocycles. The van der Waals surface area contributed by atoms with Crippen molar-refractivity contribution in [2.45, 2.75) is 4.90 Å². The molecule has 7 nitrogen and oxygen atoms in total. The molecule has 9 heteroatoms. The first-order valence-electron chi connectivity index (χ1n) is 8.26. The third-order valence-corrected chi connectivity index (χ3v) is 6.15. The number of furan rings is 1. The summed E-state index contributed by atoms with van der Waals surface area (Å²) in [5.74, 6) is -0.474. The van der Waals surface area contributed by atoms with Crippen molar-refractivity contribution in [2.75, 3.05) is 39.3 Å². The fourth-order valence-corrected chi connectivity index (χ4v) is 4.19. The smallest absolute Gasteiger partial charge is 0.287 e. The first-order chi connectivity index (χ1) is 12.5. The fourth-order valence-electron chi connectivity index (χ4n) is 2.77. The number of benzene rings is 1. The van der Waals surface area contributed by atoms with E-state index >= 15 is 0 Å². The predicted molar refractivity (Wildman–Crippen MR) is 92.6 cm³/mol. The predicted octanol–water partition coefficient (Wildman–Crippen LogP) is 1.16. The van der Waals surface area contributed by atoms with Crippen LogP contribution in [-0.2, 0) is 10.0 Å². The standard InChI is InChI=1S/C17H20FN3O4S/c18-14-3-5-15(6-4-14)26(23,24)21-11-9-20(10-12-21)8-7-19-17(22)16-2-1-13-25-16/h1-6,13H,7-12H2,(H,19,22). The van der Waals surface area contributed by atoms with Gasteiger partial charge < -0.3 is 9.73 Å². The van der Waals surface area contributed by atoms with E-state index in [-0.39, 0.29) is 16.6 Å². The number of hydrogen-bond acceptors (Lipinski definition) is 5. The van der Waals surface area contributed by atoms with Gasteiger partial charge in [-0.1, -0.05) is 0 Å². The Balaban J connectivity index is 1.46. The molecule has 0 atom stereocenters. The molecule has 1 aromatic heterocycles. The molecule has 0 spiro atoms. The Morgan fingerprint density at radius 2 is 1.81 bits per heavy atom. The summed E-state index contributed by atoms with van der Waals surface area (Å²) in [5, 5.41) is 2.76. The second-order valence-electron chi connectivity index (χ2n) is 5.93. The largest absolute Gasteiger partial charge is 0.459 e. The van der Waals surface area contributed by atoms with Crippen molar-refractivity contribution < 1.29 is 22.0 Å². The van der Waals surface area contributed by atoms with Gasteiger partial charge in [-0.2, -0.15) is 4.31 Å². The van der Waals surface area contributed by atoms with Crippen LogP contribution in [0.2, 0.25) is 0 Å². The zero-order valence-corrected chi connectivity index (χ0v) is 14.9. The molecule has 2 heterocycles. The number of piperazine rings is 1. The molecular weight excluding hydrogens is 361 g/mol. The Hall–Kier alpha value is -2.23. The van der Waals surface area contributed by atoms with Gasteiger partial charge in [0.2, 0.25) is 10.0 Å². The lowest BCUT2D eigenvalue weighted by molar-refractivity contribution is 0.0917. The van der Waals surface area contributed by atoms with E-state index in [9.17, 15) is 17.6 Å². The van der Waals surface area contributed by atoms with E-state index in [1.54, 1.807) is 12.1 Å². The van der Waals surface area contributed by atoms with Crippen molar-refractivity contribution in [3.8, 4) is 0 Å². The SMILES string of the molecule is O=C(NCCN1CCN(S(=O)(=O)c2ccc(F)cc2)CC1)c1ccco1. The average molecular weight is 381 g/mol. The molecule has 0 saturated carbocycles. The van der Waals surface area contributed by atoms with Crippen LogP contribution in [0.5, 0.6) is 0 Å². The van der Waals surface area contributed by atoms with Crippen LogP contribution in [0.4, 0.5) is 4.39 Å². The van der Waals surface area contributed by atoms with Crippen LogP contribution in [0.15, 0.2) is 52.0 Å². The van der Waals surface area contributed by atoms with Gasteiger partial charge in [-0.15, -0.1) is 0 Å². The summed E-state index contributed by atoms with van der Waals surface area (Å²) in [5.41, 5.74) is 0. The highest BCUT2D eigenvalue weighted by molar-refractivity contribution is 7.89. The second kappa shape index (κ2) is 7.98. The quantitative estimate of drug-likeness (QED) is 0.812. The molecule has 1 amide bonds. The molecule has 0 radical (unpaired) electrons. The average Bonchev–Trinajstić information content (AvgIpc) is 3.17. The molecule has 3 rings (SSSR count). The Bertz CT molecular complexity index is 829. The molecule has 0 bridgehead atoms. The summed E-state index contributed by atoms with van der Waals surface area (Å²) in [6.45, 7) is 2.91. The maximum Gasteiger partial charge on any atom is 0.287 e. The third kappa shape index (κ3) is 4.29. The van der Waals surface area contributed by atoms with Crippen molar-refractivity contribution in [3.05, 3.63) is 54.2 Å². The van der Waals surface area contributed by atoms with Crippen LogP contribution >= 0.6 is 0 Å². The van der Waals surface area contributed by atoms with E-state index in [4.69, 9.17) is 4.42 Å². The number of nitrogens with zero attached hydrogens (tertiary/aromatic N) is 2. The molecule has 0 unspecified atom stereocenters. The summed E-state index contributed by atoms with van der Waals surface area (Å²) >= 11 is 0. The number of carbonyl (C=O) groups is 1. The third-order valence-electron chi connectivity index (χ3n) is 4.24. The minimum Gasteiger partial charge on any atom is -0.459 e. The summed E-state index contributed by atoms with van der Waals surface area (Å²) < 4.78 is 44.5. The van der Waals surface area contributed by atoms with Gasteiger partial charge in [0.15, 0.2) is 5.76 Å². The molecule has 1 aliphatic heterocycles. The molecule has 1 aromatic carbocycles. The number of carbonyl (C=O) groups excluding carboxylic acids is 1. The first-order valence-corrected chi connectivity index (χ1v) is 9.70. The van der Waals surface area contributed by atoms with Gasteiger partial charge in [0.1, 0.15) is 5.82 Å². The highest BCUT2D eigenvalue weighted by atomic mass is 32.2. The zero-order valence-electron chi connectivity index (χ0n) is 14.1. The summed E-state index contributed by atoms with van der Waals surface area (Å²) in [6.07, 6.45) is 1.44. The van der Waals surface area contributed by atoms with Gasteiger partial charge >= 0.3 is 0 Å². The number of amides is 1. The van der Waals surface area contributed by atoms with E-state index in [2.05, 4.69) is 10.2 Å². The van der Waals surface area contributed by atoms with Crippen LogP contribution in [0.1, 0.15) is 10.6 Å². The van der Waals surface area contributed by atoms with Gasteiger partial charge in [0, 0.05) is 39.3 Å². The lowest BCUT2D eigenvalue weighted by atomic mass is 10.3. The van der Waals surface area contributed by atoms with E-state index in [0.29, 0.717) is 39.3 Å². The highest BCUT2D eigenvalue weighted by Gasteiger charge is 2.28. The molecule has 1 N–H and O–H groups in total. The van der Waals surface area contributed by atoms with Crippen molar-refractivity contribution in [3.63, 3.8) is 0 Å². The van der Waals surface area contributed by atoms with Crippen molar-refractivity contribution in [2.24, 2.45) is 0 Å². The molecular formula is C17H20FN3O4S. The Kier molecular flexibility index (Phi) is 5.70. The van der Waals surface area contributed by atoms with E-state index in [1.807, 2.05) is 0 Å². The van der Waals surface area contributed by atoms with Crippen molar-refractivity contribution in [1.82, 2.24) is 14.5 Å². The van der Waals surface area contributed by atoms with Crippen LogP contribution in [-0.4, -0.2) is 62.8 Å². The van der Waals surface area contributed by atoms with Crippen LogP contribution < -0.4 is 5.32 Å². The Morgan fingerprint density at radius 3 is 2.42 bits per heavy atom.